The monoisotopic (exact) mass is 459 g/mol. The maximum absolute atomic E-state index is 12.8. The van der Waals surface area contributed by atoms with E-state index in [1.165, 1.54) is 6.08 Å². The van der Waals surface area contributed by atoms with Crippen molar-refractivity contribution >= 4 is 40.9 Å². The van der Waals surface area contributed by atoms with Crippen molar-refractivity contribution in [2.24, 2.45) is 0 Å². The lowest BCUT2D eigenvalue weighted by Crippen LogP contribution is -2.40. The molecule has 6 nitrogen and oxygen atoms in total. The van der Waals surface area contributed by atoms with E-state index in [1.54, 1.807) is 43.3 Å². The molecule has 2 amide bonds. The van der Waals surface area contributed by atoms with Crippen LogP contribution in [0.3, 0.4) is 0 Å². The summed E-state index contributed by atoms with van der Waals surface area (Å²) in [5.41, 5.74) is 2.82. The largest absolute Gasteiger partial charge is 0.496 e. The molecule has 2 N–H and O–H groups in total. The topological polar surface area (TPSA) is 70.7 Å². The number of para-hydroxylation sites is 2. The van der Waals surface area contributed by atoms with Gasteiger partial charge in [0.25, 0.3) is 5.91 Å². The number of nitrogens with zero attached hydrogens (tertiary/aromatic N) is 1. The van der Waals surface area contributed by atoms with Crippen molar-refractivity contribution < 1.29 is 14.3 Å². The first-order valence-corrected chi connectivity index (χ1v) is 10.7. The number of nitrogens with one attached hydrogen (secondary N) is 2. The molecule has 0 aromatic heterocycles. The molecule has 0 bridgehead atoms. The summed E-state index contributed by atoms with van der Waals surface area (Å²) in [5.74, 6) is 0.0481. The second-order valence-corrected chi connectivity index (χ2v) is 7.50. The number of benzene rings is 3. The molecular formula is C26H25N3O3S. The van der Waals surface area contributed by atoms with Gasteiger partial charge in [-0.1, -0.05) is 60.7 Å². The van der Waals surface area contributed by atoms with Gasteiger partial charge in [-0.2, -0.15) is 0 Å². The minimum Gasteiger partial charge on any atom is -0.496 e. The van der Waals surface area contributed by atoms with Gasteiger partial charge in [0.1, 0.15) is 5.75 Å². The van der Waals surface area contributed by atoms with Crippen molar-refractivity contribution in [3.05, 3.63) is 102 Å². The molecule has 3 aromatic rings. The normalized spacial score (nSPS) is 10.5. The predicted molar refractivity (Wildman–Crippen MR) is 135 cm³/mol. The van der Waals surface area contributed by atoms with Crippen LogP contribution in [0.25, 0.3) is 6.08 Å². The molecule has 0 atom stereocenters. The van der Waals surface area contributed by atoms with Crippen LogP contribution in [0, 0.1) is 0 Å². The van der Waals surface area contributed by atoms with Crippen LogP contribution in [0.15, 0.2) is 84.9 Å². The molecule has 0 aliphatic rings. The van der Waals surface area contributed by atoms with Crippen LogP contribution in [0.5, 0.6) is 5.75 Å². The van der Waals surface area contributed by atoms with Gasteiger partial charge in [-0.05, 0) is 42.1 Å². The Bertz CT molecular complexity index is 1160. The van der Waals surface area contributed by atoms with Gasteiger partial charge in [-0.25, -0.2) is 0 Å². The minimum absolute atomic E-state index is 0.174. The highest BCUT2D eigenvalue weighted by Gasteiger charge is 2.17. The molecule has 3 rings (SSSR count). The molecule has 0 aliphatic heterocycles. The number of amides is 2. The zero-order valence-corrected chi connectivity index (χ0v) is 19.3. The van der Waals surface area contributed by atoms with Crippen LogP contribution in [0.2, 0.25) is 0 Å². The fourth-order valence-electron chi connectivity index (χ4n) is 3.14. The van der Waals surface area contributed by atoms with Gasteiger partial charge in [-0.15, -0.1) is 0 Å². The first-order chi connectivity index (χ1) is 16.0. The number of hydrogen-bond donors (Lipinski definition) is 2. The van der Waals surface area contributed by atoms with Gasteiger partial charge in [0, 0.05) is 25.2 Å². The maximum Gasteiger partial charge on any atom is 0.253 e. The maximum atomic E-state index is 12.8. The highest BCUT2D eigenvalue weighted by molar-refractivity contribution is 7.80. The quantitative estimate of drug-likeness (QED) is 0.410. The molecule has 3 aromatic carbocycles. The van der Waals surface area contributed by atoms with E-state index in [0.717, 1.165) is 11.1 Å². The van der Waals surface area contributed by atoms with Crippen LogP contribution in [0.4, 0.5) is 5.69 Å². The zero-order chi connectivity index (χ0) is 23.6. The summed E-state index contributed by atoms with van der Waals surface area (Å²) in [5, 5.41) is 5.76. The Morgan fingerprint density at radius 1 is 0.970 bits per heavy atom. The third-order valence-electron chi connectivity index (χ3n) is 4.89. The van der Waals surface area contributed by atoms with Crippen LogP contribution in [-0.2, 0) is 11.3 Å². The second kappa shape index (κ2) is 11.6. The van der Waals surface area contributed by atoms with E-state index in [9.17, 15) is 9.59 Å². The number of anilines is 1. The number of rotatable bonds is 7. The van der Waals surface area contributed by atoms with Crippen LogP contribution in [-0.4, -0.2) is 31.1 Å². The Balaban J connectivity index is 1.66. The first-order valence-electron chi connectivity index (χ1n) is 10.3. The molecule has 0 aliphatic carbocycles. The first kappa shape index (κ1) is 23.7. The number of methoxy groups -OCH3 is 1. The van der Waals surface area contributed by atoms with Gasteiger partial charge in [0.2, 0.25) is 5.91 Å². The fourth-order valence-corrected chi connectivity index (χ4v) is 3.34. The SMILES string of the molecule is COc1ccccc1C=CC(=O)NC(=S)N(C)c1ccccc1C(=O)NCc1ccccc1. The van der Waals surface area contributed by atoms with Crippen molar-refractivity contribution in [3.8, 4) is 5.75 Å². The van der Waals surface area contributed by atoms with Gasteiger partial charge < -0.3 is 15.0 Å². The molecule has 33 heavy (non-hydrogen) atoms. The summed E-state index contributed by atoms with van der Waals surface area (Å²) in [6.45, 7) is 0.409. The lowest BCUT2D eigenvalue weighted by atomic mass is 10.1. The molecule has 168 valence electrons. The number of hydrogen-bond acceptors (Lipinski definition) is 4. The Labute approximate surface area is 198 Å². The van der Waals surface area contributed by atoms with Crippen molar-refractivity contribution in [3.63, 3.8) is 0 Å². The summed E-state index contributed by atoms with van der Waals surface area (Å²) >= 11 is 5.41. The van der Waals surface area contributed by atoms with Gasteiger partial charge in [-0.3, -0.25) is 14.9 Å². The highest BCUT2D eigenvalue weighted by atomic mass is 32.1. The van der Waals surface area contributed by atoms with E-state index in [4.69, 9.17) is 17.0 Å². The third kappa shape index (κ3) is 6.51. The van der Waals surface area contributed by atoms with E-state index in [2.05, 4.69) is 10.6 Å². The standard InChI is InChI=1S/C26H25N3O3S/c1-29(26(33)28-24(30)17-16-20-12-6-9-15-23(20)32-2)22-14-8-7-13-21(22)25(31)27-18-19-10-4-3-5-11-19/h3-17H,18H2,1-2H3,(H,27,31)(H,28,30,33). The average molecular weight is 460 g/mol. The molecule has 0 unspecified atom stereocenters. The molecular weight excluding hydrogens is 434 g/mol. The van der Waals surface area contributed by atoms with Crippen molar-refractivity contribution in [1.82, 2.24) is 10.6 Å². The summed E-state index contributed by atoms with van der Waals surface area (Å²) in [6.07, 6.45) is 3.04. The summed E-state index contributed by atoms with van der Waals surface area (Å²) < 4.78 is 5.28. The predicted octanol–water partition coefficient (Wildman–Crippen LogP) is 4.18. The Morgan fingerprint density at radius 3 is 2.39 bits per heavy atom. The smallest absolute Gasteiger partial charge is 0.253 e. The lowest BCUT2D eigenvalue weighted by Gasteiger charge is -2.22. The highest BCUT2D eigenvalue weighted by Crippen LogP contribution is 2.20. The van der Waals surface area contributed by atoms with Crippen LogP contribution >= 0.6 is 12.2 Å². The Hall–Kier alpha value is -3.97. The summed E-state index contributed by atoms with van der Waals surface area (Å²) in [7, 11) is 3.28. The van der Waals surface area contributed by atoms with Gasteiger partial charge in [0.15, 0.2) is 5.11 Å². The Kier molecular flexibility index (Phi) is 8.32. The van der Waals surface area contributed by atoms with E-state index in [1.807, 2.05) is 60.7 Å². The van der Waals surface area contributed by atoms with E-state index >= 15 is 0 Å². The molecule has 0 saturated carbocycles. The Morgan fingerprint density at radius 2 is 1.64 bits per heavy atom. The van der Waals surface area contributed by atoms with Crippen LogP contribution < -0.4 is 20.3 Å². The molecule has 0 radical (unpaired) electrons. The molecule has 0 heterocycles. The molecule has 0 spiro atoms. The van der Waals surface area contributed by atoms with Crippen molar-refractivity contribution in [2.45, 2.75) is 6.54 Å². The fraction of sp³-hybridized carbons (Fsp3) is 0.115. The van der Waals surface area contributed by atoms with Crippen molar-refractivity contribution in [2.75, 3.05) is 19.1 Å². The average Bonchev–Trinajstić information content (AvgIpc) is 2.86. The van der Waals surface area contributed by atoms with E-state index in [-0.39, 0.29) is 16.9 Å². The number of carbonyl (C=O) groups is 2. The number of thiocarbonyl (C=S) groups is 1. The minimum atomic E-state index is -0.385. The number of ether oxygens (including phenoxy) is 1. The second-order valence-electron chi connectivity index (χ2n) is 7.11. The van der Waals surface area contributed by atoms with Gasteiger partial charge in [0.05, 0.1) is 18.4 Å². The molecule has 0 saturated heterocycles. The number of carbonyl (C=O) groups excluding carboxylic acids is 2. The van der Waals surface area contributed by atoms with E-state index < -0.39 is 0 Å². The van der Waals surface area contributed by atoms with Crippen LogP contribution in [0.1, 0.15) is 21.5 Å². The van der Waals surface area contributed by atoms with E-state index in [0.29, 0.717) is 23.5 Å². The summed E-state index contributed by atoms with van der Waals surface area (Å²) in [6, 6.07) is 24.1. The van der Waals surface area contributed by atoms with Gasteiger partial charge >= 0.3 is 0 Å². The van der Waals surface area contributed by atoms with Crippen molar-refractivity contribution in [1.29, 1.82) is 0 Å². The summed E-state index contributed by atoms with van der Waals surface area (Å²) in [4.78, 5) is 26.8. The third-order valence-corrected chi connectivity index (χ3v) is 5.27. The zero-order valence-electron chi connectivity index (χ0n) is 18.4. The molecule has 7 heteroatoms. The lowest BCUT2D eigenvalue weighted by molar-refractivity contribution is -0.115. The molecule has 0 fully saturated rings.